The summed E-state index contributed by atoms with van der Waals surface area (Å²) < 4.78 is 38.7. The standard InChI is InChI=1S/C16H18ClF3N6/c1-2-25-5-7-26(8-6-25)15-23-14(10-21-24-15)22-13-9-11(16(18,19)20)3-4-12(13)17/h3-4,9-10H,2,5-8H2,1H3,(H,22,23,24). The maximum Gasteiger partial charge on any atom is 0.416 e. The summed E-state index contributed by atoms with van der Waals surface area (Å²) in [6.45, 7) is 6.43. The van der Waals surface area contributed by atoms with E-state index in [1.807, 2.05) is 4.90 Å². The Morgan fingerprint density at radius 2 is 1.92 bits per heavy atom. The van der Waals surface area contributed by atoms with Crippen molar-refractivity contribution in [2.24, 2.45) is 0 Å². The molecule has 26 heavy (non-hydrogen) atoms. The number of hydrogen-bond donors (Lipinski definition) is 1. The molecule has 0 bridgehead atoms. The highest BCUT2D eigenvalue weighted by atomic mass is 35.5. The quantitative estimate of drug-likeness (QED) is 0.868. The van der Waals surface area contributed by atoms with E-state index in [4.69, 9.17) is 11.6 Å². The van der Waals surface area contributed by atoms with Crippen LogP contribution in [0.4, 0.5) is 30.6 Å². The largest absolute Gasteiger partial charge is 0.416 e. The first-order valence-corrected chi connectivity index (χ1v) is 8.55. The van der Waals surface area contributed by atoms with Crippen LogP contribution in [-0.4, -0.2) is 52.8 Å². The van der Waals surface area contributed by atoms with Gasteiger partial charge >= 0.3 is 6.18 Å². The molecule has 0 aliphatic carbocycles. The van der Waals surface area contributed by atoms with Gasteiger partial charge in [-0.3, -0.25) is 0 Å². The number of alkyl halides is 3. The highest BCUT2D eigenvalue weighted by Crippen LogP contribution is 2.34. The topological polar surface area (TPSA) is 57.2 Å². The Morgan fingerprint density at radius 3 is 2.58 bits per heavy atom. The van der Waals surface area contributed by atoms with E-state index in [-0.39, 0.29) is 16.5 Å². The smallest absolute Gasteiger partial charge is 0.338 e. The fraction of sp³-hybridized carbons (Fsp3) is 0.438. The average molecular weight is 387 g/mol. The van der Waals surface area contributed by atoms with Crippen molar-refractivity contribution in [3.8, 4) is 0 Å². The van der Waals surface area contributed by atoms with E-state index in [0.717, 1.165) is 44.9 Å². The molecule has 0 saturated carbocycles. The van der Waals surface area contributed by atoms with Crippen molar-refractivity contribution in [1.29, 1.82) is 0 Å². The van der Waals surface area contributed by atoms with Gasteiger partial charge in [-0.05, 0) is 24.7 Å². The van der Waals surface area contributed by atoms with Crippen LogP contribution in [0.1, 0.15) is 12.5 Å². The summed E-state index contributed by atoms with van der Waals surface area (Å²) in [5.74, 6) is 0.725. The van der Waals surface area contributed by atoms with Crippen molar-refractivity contribution in [3.05, 3.63) is 35.0 Å². The molecule has 140 valence electrons. The van der Waals surface area contributed by atoms with Crippen LogP contribution in [0.15, 0.2) is 24.4 Å². The van der Waals surface area contributed by atoms with Crippen LogP contribution in [0.5, 0.6) is 0 Å². The van der Waals surface area contributed by atoms with Crippen LogP contribution in [0.25, 0.3) is 0 Å². The number of benzene rings is 1. The molecule has 1 aromatic heterocycles. The van der Waals surface area contributed by atoms with Gasteiger partial charge in [0.25, 0.3) is 0 Å². The van der Waals surface area contributed by atoms with E-state index in [1.165, 1.54) is 12.3 Å². The highest BCUT2D eigenvalue weighted by Gasteiger charge is 2.31. The summed E-state index contributed by atoms with van der Waals surface area (Å²) in [5, 5.41) is 10.9. The zero-order valence-electron chi connectivity index (χ0n) is 14.1. The molecule has 0 atom stereocenters. The number of nitrogens with one attached hydrogen (secondary N) is 1. The van der Waals surface area contributed by atoms with Crippen molar-refractivity contribution in [2.75, 3.05) is 42.9 Å². The number of hydrogen-bond acceptors (Lipinski definition) is 6. The Kier molecular flexibility index (Phi) is 5.47. The van der Waals surface area contributed by atoms with E-state index in [0.29, 0.717) is 5.95 Å². The third kappa shape index (κ3) is 4.34. The first-order chi connectivity index (χ1) is 12.4. The number of nitrogens with zero attached hydrogens (tertiary/aromatic N) is 5. The third-order valence-electron chi connectivity index (χ3n) is 4.21. The van der Waals surface area contributed by atoms with Gasteiger partial charge in [-0.15, -0.1) is 5.10 Å². The Balaban J connectivity index is 1.77. The summed E-state index contributed by atoms with van der Waals surface area (Å²) >= 11 is 6.01. The molecular formula is C16H18ClF3N6. The second-order valence-electron chi connectivity index (χ2n) is 5.88. The number of rotatable bonds is 4. The molecule has 1 aliphatic rings. The SMILES string of the molecule is CCN1CCN(c2nncc(Nc3cc(C(F)(F)F)ccc3Cl)n2)CC1. The normalized spacial score (nSPS) is 16.0. The molecule has 1 saturated heterocycles. The third-order valence-corrected chi connectivity index (χ3v) is 4.54. The van der Waals surface area contributed by atoms with Crippen LogP contribution < -0.4 is 10.2 Å². The fourth-order valence-electron chi connectivity index (χ4n) is 2.69. The summed E-state index contributed by atoms with van der Waals surface area (Å²) in [4.78, 5) is 8.67. The molecular weight excluding hydrogens is 369 g/mol. The maximum absolute atomic E-state index is 12.9. The van der Waals surface area contributed by atoms with E-state index in [9.17, 15) is 13.2 Å². The number of likely N-dealkylation sites (N-methyl/N-ethyl adjacent to an activating group) is 1. The number of aromatic nitrogens is 3. The first-order valence-electron chi connectivity index (χ1n) is 8.17. The van der Waals surface area contributed by atoms with E-state index >= 15 is 0 Å². The van der Waals surface area contributed by atoms with Gasteiger partial charge in [-0.2, -0.15) is 23.3 Å². The van der Waals surface area contributed by atoms with Crippen molar-refractivity contribution >= 4 is 29.1 Å². The maximum atomic E-state index is 12.9. The Bertz CT molecular complexity index is 762. The van der Waals surface area contributed by atoms with Gasteiger partial charge < -0.3 is 15.1 Å². The summed E-state index contributed by atoms with van der Waals surface area (Å²) in [5.41, 5.74) is -0.675. The van der Waals surface area contributed by atoms with Crippen LogP contribution in [0.3, 0.4) is 0 Å². The zero-order valence-corrected chi connectivity index (χ0v) is 14.8. The van der Waals surface area contributed by atoms with Gasteiger partial charge in [-0.25, -0.2) is 0 Å². The molecule has 0 amide bonds. The average Bonchev–Trinajstić information content (AvgIpc) is 2.63. The zero-order chi connectivity index (χ0) is 18.7. The number of piperazine rings is 1. The molecule has 1 aromatic carbocycles. The number of anilines is 3. The van der Waals surface area contributed by atoms with E-state index in [2.05, 4.69) is 32.3 Å². The monoisotopic (exact) mass is 386 g/mol. The minimum Gasteiger partial charge on any atom is -0.338 e. The van der Waals surface area contributed by atoms with Crippen LogP contribution >= 0.6 is 11.6 Å². The second kappa shape index (κ2) is 7.63. The Morgan fingerprint density at radius 1 is 1.19 bits per heavy atom. The van der Waals surface area contributed by atoms with Crippen molar-refractivity contribution in [2.45, 2.75) is 13.1 Å². The van der Waals surface area contributed by atoms with E-state index < -0.39 is 11.7 Å². The Labute approximate surface area is 154 Å². The minimum absolute atomic E-state index is 0.115. The first kappa shape index (κ1) is 18.7. The lowest BCUT2D eigenvalue weighted by Gasteiger charge is -2.33. The minimum atomic E-state index is -4.45. The highest BCUT2D eigenvalue weighted by molar-refractivity contribution is 6.33. The van der Waals surface area contributed by atoms with Crippen molar-refractivity contribution in [3.63, 3.8) is 0 Å². The lowest BCUT2D eigenvalue weighted by Crippen LogP contribution is -2.46. The molecule has 0 radical (unpaired) electrons. The van der Waals surface area contributed by atoms with Gasteiger partial charge in [-0.1, -0.05) is 18.5 Å². The predicted octanol–water partition coefficient (Wildman–Crippen LogP) is 3.43. The predicted molar refractivity (Wildman–Crippen MR) is 93.9 cm³/mol. The lowest BCUT2D eigenvalue weighted by molar-refractivity contribution is -0.137. The van der Waals surface area contributed by atoms with Crippen molar-refractivity contribution in [1.82, 2.24) is 20.1 Å². The summed E-state index contributed by atoms with van der Waals surface area (Å²) in [6, 6.07) is 3.08. The van der Waals surface area contributed by atoms with E-state index in [1.54, 1.807) is 0 Å². The molecule has 1 aliphatic heterocycles. The fourth-order valence-corrected chi connectivity index (χ4v) is 2.85. The second-order valence-corrected chi connectivity index (χ2v) is 6.29. The molecule has 1 N–H and O–H groups in total. The number of halogens is 4. The van der Waals surface area contributed by atoms with Gasteiger partial charge in [0.1, 0.15) is 0 Å². The van der Waals surface area contributed by atoms with Gasteiger partial charge in [0, 0.05) is 26.2 Å². The summed E-state index contributed by atoms with van der Waals surface area (Å²) in [7, 11) is 0. The molecule has 1 fully saturated rings. The molecule has 3 rings (SSSR count). The molecule has 2 heterocycles. The molecule has 0 unspecified atom stereocenters. The van der Waals surface area contributed by atoms with Crippen molar-refractivity contribution < 1.29 is 13.2 Å². The van der Waals surface area contributed by atoms with Crippen LogP contribution in [0.2, 0.25) is 5.02 Å². The molecule has 0 spiro atoms. The van der Waals surface area contributed by atoms with Gasteiger partial charge in [0.15, 0.2) is 5.82 Å². The van der Waals surface area contributed by atoms with Gasteiger partial charge in [0.2, 0.25) is 5.95 Å². The molecule has 10 heteroatoms. The molecule has 2 aromatic rings. The van der Waals surface area contributed by atoms with Gasteiger partial charge in [0.05, 0.1) is 22.5 Å². The van der Waals surface area contributed by atoms with Crippen LogP contribution in [-0.2, 0) is 6.18 Å². The lowest BCUT2D eigenvalue weighted by atomic mass is 10.2. The Hall–Kier alpha value is -2.13. The van der Waals surface area contributed by atoms with Crippen LogP contribution in [0, 0.1) is 0 Å². The molecule has 6 nitrogen and oxygen atoms in total. The summed E-state index contributed by atoms with van der Waals surface area (Å²) in [6.07, 6.45) is -3.10.